The third-order valence-corrected chi connectivity index (χ3v) is 7.68. The second kappa shape index (κ2) is 7.79. The summed E-state index contributed by atoms with van der Waals surface area (Å²) in [5.41, 5.74) is 0.519. The van der Waals surface area contributed by atoms with Crippen molar-refractivity contribution in [3.8, 4) is 0 Å². The van der Waals surface area contributed by atoms with Crippen LogP contribution >= 0.6 is 11.3 Å². The van der Waals surface area contributed by atoms with Crippen LogP contribution in [0.2, 0.25) is 0 Å². The standard InChI is InChI=1S/C24H26FN3O2S/c1-24(23(30)26-14-16-7-9-18(25)10-8-16)15-27-20(13-17-11-12-31-22(17)27)21(29)28(24)19-5-3-2-4-6-19/h7-13,19H,2-6,14-15H2,1H3,(H,26,30)/t24-/m1/s1. The normalized spacial score (nSPS) is 22.0. The van der Waals surface area contributed by atoms with E-state index in [4.69, 9.17) is 0 Å². The summed E-state index contributed by atoms with van der Waals surface area (Å²) < 4.78 is 15.2. The summed E-state index contributed by atoms with van der Waals surface area (Å²) >= 11 is 1.60. The van der Waals surface area contributed by atoms with Gasteiger partial charge in [0.2, 0.25) is 5.91 Å². The Morgan fingerprint density at radius 2 is 1.94 bits per heavy atom. The highest BCUT2D eigenvalue weighted by atomic mass is 32.1. The zero-order chi connectivity index (χ0) is 21.6. The first-order valence-electron chi connectivity index (χ1n) is 10.9. The van der Waals surface area contributed by atoms with E-state index in [0.717, 1.165) is 41.5 Å². The number of aromatic nitrogens is 1. The van der Waals surface area contributed by atoms with Gasteiger partial charge in [-0.15, -0.1) is 11.3 Å². The van der Waals surface area contributed by atoms with Crippen molar-refractivity contribution in [1.29, 1.82) is 0 Å². The van der Waals surface area contributed by atoms with Crippen LogP contribution < -0.4 is 5.32 Å². The zero-order valence-corrected chi connectivity index (χ0v) is 18.4. The van der Waals surface area contributed by atoms with Crippen LogP contribution in [0, 0.1) is 5.82 Å². The molecule has 1 atom stereocenters. The lowest BCUT2D eigenvalue weighted by Crippen LogP contribution is -2.66. The third kappa shape index (κ3) is 3.45. The minimum atomic E-state index is -0.984. The van der Waals surface area contributed by atoms with Crippen LogP contribution in [0.15, 0.2) is 41.8 Å². The Morgan fingerprint density at radius 1 is 1.19 bits per heavy atom. The van der Waals surface area contributed by atoms with E-state index < -0.39 is 5.54 Å². The van der Waals surface area contributed by atoms with Crippen LogP contribution in [0.5, 0.6) is 0 Å². The minimum absolute atomic E-state index is 0.0546. The molecule has 162 valence electrons. The number of nitrogens with one attached hydrogen (secondary N) is 1. The lowest BCUT2D eigenvalue weighted by molar-refractivity contribution is -0.134. The van der Waals surface area contributed by atoms with Crippen LogP contribution in [0.4, 0.5) is 4.39 Å². The Morgan fingerprint density at radius 3 is 2.68 bits per heavy atom. The predicted octanol–water partition coefficient (Wildman–Crippen LogP) is 4.71. The molecule has 7 heteroatoms. The maximum absolute atomic E-state index is 13.7. The molecule has 5 nitrogen and oxygen atoms in total. The molecule has 1 aliphatic heterocycles. The molecule has 1 N–H and O–H groups in total. The third-order valence-electron chi connectivity index (χ3n) is 6.73. The summed E-state index contributed by atoms with van der Waals surface area (Å²) in [6, 6.07) is 10.2. The Kier molecular flexibility index (Phi) is 5.08. The van der Waals surface area contributed by atoms with Crippen molar-refractivity contribution in [1.82, 2.24) is 14.8 Å². The van der Waals surface area contributed by atoms with E-state index in [9.17, 15) is 14.0 Å². The van der Waals surface area contributed by atoms with E-state index >= 15 is 0 Å². The highest BCUT2D eigenvalue weighted by Gasteiger charge is 2.50. The number of rotatable bonds is 4. The van der Waals surface area contributed by atoms with Gasteiger partial charge >= 0.3 is 0 Å². The Hall–Kier alpha value is -2.67. The van der Waals surface area contributed by atoms with Crippen molar-refractivity contribution in [2.75, 3.05) is 0 Å². The lowest BCUT2D eigenvalue weighted by Gasteiger charge is -2.48. The van der Waals surface area contributed by atoms with Crippen LogP contribution in [0.3, 0.4) is 0 Å². The number of nitrogens with zero attached hydrogens (tertiary/aromatic N) is 2. The Labute approximate surface area is 184 Å². The number of hydrogen-bond donors (Lipinski definition) is 1. The summed E-state index contributed by atoms with van der Waals surface area (Å²) in [5.74, 6) is -0.524. The van der Waals surface area contributed by atoms with Gasteiger partial charge in [-0.05, 0) is 55.0 Å². The topological polar surface area (TPSA) is 54.3 Å². The van der Waals surface area contributed by atoms with Crippen molar-refractivity contribution in [2.45, 2.75) is 63.7 Å². The molecule has 1 saturated carbocycles. The summed E-state index contributed by atoms with van der Waals surface area (Å²) in [7, 11) is 0. The molecule has 1 fully saturated rings. The van der Waals surface area contributed by atoms with Gasteiger partial charge in [0.1, 0.15) is 21.9 Å². The number of carbonyl (C=O) groups is 2. The highest BCUT2D eigenvalue weighted by Crippen LogP contribution is 2.38. The van der Waals surface area contributed by atoms with Crippen molar-refractivity contribution in [3.05, 3.63) is 58.9 Å². The monoisotopic (exact) mass is 439 g/mol. The summed E-state index contributed by atoms with van der Waals surface area (Å²) in [6.45, 7) is 2.63. The minimum Gasteiger partial charge on any atom is -0.350 e. The van der Waals surface area contributed by atoms with Crippen molar-refractivity contribution < 1.29 is 14.0 Å². The smallest absolute Gasteiger partial charge is 0.271 e. The average Bonchev–Trinajstić information content (AvgIpc) is 3.36. The molecule has 0 radical (unpaired) electrons. The molecule has 2 aromatic heterocycles. The van der Waals surface area contributed by atoms with Crippen molar-refractivity contribution in [3.63, 3.8) is 0 Å². The van der Waals surface area contributed by atoms with Gasteiger partial charge < -0.3 is 14.8 Å². The molecule has 1 aliphatic carbocycles. The molecule has 0 bridgehead atoms. The van der Waals surface area contributed by atoms with Gasteiger partial charge in [-0.2, -0.15) is 0 Å². The van der Waals surface area contributed by atoms with Gasteiger partial charge in [-0.1, -0.05) is 31.4 Å². The lowest BCUT2D eigenvalue weighted by atomic mass is 9.86. The van der Waals surface area contributed by atoms with E-state index in [2.05, 4.69) is 5.32 Å². The van der Waals surface area contributed by atoms with Crippen LogP contribution in [0.25, 0.3) is 10.2 Å². The van der Waals surface area contributed by atoms with Gasteiger partial charge in [0.15, 0.2) is 0 Å². The maximum atomic E-state index is 13.7. The molecule has 0 saturated heterocycles. The zero-order valence-electron chi connectivity index (χ0n) is 17.6. The van der Waals surface area contributed by atoms with Crippen molar-refractivity contribution >= 4 is 33.4 Å². The largest absolute Gasteiger partial charge is 0.350 e. The van der Waals surface area contributed by atoms with E-state index in [1.165, 1.54) is 18.6 Å². The Bertz CT molecular complexity index is 1130. The van der Waals surface area contributed by atoms with Gasteiger partial charge in [0.05, 0.1) is 6.54 Å². The molecule has 1 aromatic carbocycles. The molecule has 2 aliphatic rings. The number of amides is 2. The fourth-order valence-corrected chi connectivity index (χ4v) is 6.00. The van der Waals surface area contributed by atoms with E-state index in [-0.39, 0.29) is 23.7 Å². The van der Waals surface area contributed by atoms with E-state index in [1.807, 2.05) is 33.9 Å². The number of fused-ring (bicyclic) bond motifs is 3. The SMILES string of the molecule is C[C@]1(C(=O)NCc2ccc(F)cc2)Cn2c(cc3ccsc32)C(=O)N1C1CCCCC1. The molecule has 0 spiro atoms. The molecular weight excluding hydrogens is 413 g/mol. The number of thiophene rings is 1. The predicted molar refractivity (Wildman–Crippen MR) is 120 cm³/mol. The van der Waals surface area contributed by atoms with E-state index in [0.29, 0.717) is 18.8 Å². The molecule has 3 aromatic rings. The summed E-state index contributed by atoms with van der Waals surface area (Å²) in [5, 5.41) is 6.08. The van der Waals surface area contributed by atoms with Crippen LogP contribution in [0.1, 0.15) is 55.1 Å². The van der Waals surface area contributed by atoms with Gasteiger partial charge in [0.25, 0.3) is 5.91 Å². The summed E-state index contributed by atoms with van der Waals surface area (Å²) in [6.07, 6.45) is 5.21. The number of carbonyl (C=O) groups excluding carboxylic acids is 2. The van der Waals surface area contributed by atoms with Crippen LogP contribution in [-0.2, 0) is 17.9 Å². The second-order valence-electron chi connectivity index (χ2n) is 8.85. The molecular formula is C24H26FN3O2S. The van der Waals surface area contributed by atoms with Crippen LogP contribution in [-0.4, -0.2) is 32.9 Å². The molecule has 0 unspecified atom stereocenters. The summed E-state index contributed by atoms with van der Waals surface area (Å²) in [4.78, 5) is 30.2. The number of benzene rings is 1. The average molecular weight is 440 g/mol. The fraction of sp³-hybridized carbons (Fsp3) is 0.417. The molecule has 3 heterocycles. The number of halogens is 1. The second-order valence-corrected chi connectivity index (χ2v) is 9.74. The van der Waals surface area contributed by atoms with E-state index in [1.54, 1.807) is 23.5 Å². The first-order valence-corrected chi connectivity index (χ1v) is 11.8. The van der Waals surface area contributed by atoms with Crippen molar-refractivity contribution in [2.24, 2.45) is 0 Å². The maximum Gasteiger partial charge on any atom is 0.271 e. The van der Waals surface area contributed by atoms with Gasteiger partial charge in [0, 0.05) is 18.0 Å². The Balaban J connectivity index is 1.49. The van der Waals surface area contributed by atoms with Gasteiger partial charge in [-0.3, -0.25) is 9.59 Å². The quantitative estimate of drug-likeness (QED) is 0.640. The number of hydrogen-bond acceptors (Lipinski definition) is 3. The van der Waals surface area contributed by atoms with Gasteiger partial charge in [-0.25, -0.2) is 4.39 Å². The molecule has 2 amide bonds. The molecule has 31 heavy (non-hydrogen) atoms. The molecule has 5 rings (SSSR count). The first kappa shape index (κ1) is 20.2. The highest BCUT2D eigenvalue weighted by molar-refractivity contribution is 7.16. The first-order chi connectivity index (χ1) is 15.0. The fourth-order valence-electron chi connectivity index (χ4n) is 5.11.